The SMILES string of the molecule is Cc1[nH]c(-c2ccc(-c3[nH]c(C)c(-c4ccccc4)[n+]3N)cc2)nc1-c1ccccc1. The number of aromatic nitrogens is 4. The van der Waals surface area contributed by atoms with Crippen molar-refractivity contribution in [3.05, 3.63) is 96.3 Å². The van der Waals surface area contributed by atoms with Gasteiger partial charge in [-0.3, -0.25) is 5.84 Å². The van der Waals surface area contributed by atoms with Crippen molar-refractivity contribution in [1.29, 1.82) is 0 Å². The van der Waals surface area contributed by atoms with Gasteiger partial charge in [0.25, 0.3) is 0 Å². The number of nitrogens with one attached hydrogen (secondary N) is 2. The molecule has 0 unspecified atom stereocenters. The van der Waals surface area contributed by atoms with Gasteiger partial charge in [0, 0.05) is 29.3 Å². The van der Waals surface area contributed by atoms with Gasteiger partial charge in [0.15, 0.2) is 0 Å². The van der Waals surface area contributed by atoms with Crippen LogP contribution < -0.4 is 10.5 Å². The molecule has 0 saturated carbocycles. The Bertz CT molecular complexity index is 1330. The molecule has 0 spiro atoms. The summed E-state index contributed by atoms with van der Waals surface area (Å²) in [5.74, 6) is 8.19. The molecule has 0 saturated heterocycles. The van der Waals surface area contributed by atoms with Gasteiger partial charge < -0.3 is 4.98 Å². The van der Waals surface area contributed by atoms with Crippen molar-refractivity contribution in [3.63, 3.8) is 0 Å². The van der Waals surface area contributed by atoms with Crippen molar-refractivity contribution in [2.24, 2.45) is 0 Å². The molecule has 0 aliphatic rings. The van der Waals surface area contributed by atoms with Crippen molar-refractivity contribution in [1.82, 2.24) is 15.0 Å². The molecule has 0 fully saturated rings. The normalized spacial score (nSPS) is 11.0. The molecule has 0 radical (unpaired) electrons. The predicted octanol–water partition coefficient (Wildman–Crippen LogP) is 5.02. The molecule has 0 aliphatic heterocycles. The van der Waals surface area contributed by atoms with Crippen LogP contribution >= 0.6 is 0 Å². The van der Waals surface area contributed by atoms with Crippen LogP contribution in [0.2, 0.25) is 0 Å². The highest BCUT2D eigenvalue weighted by Gasteiger charge is 2.23. The maximum Gasteiger partial charge on any atom is 0.310 e. The van der Waals surface area contributed by atoms with Gasteiger partial charge in [-0.15, -0.1) is 4.68 Å². The minimum Gasteiger partial charge on any atom is -0.342 e. The summed E-state index contributed by atoms with van der Waals surface area (Å²) in [5, 5.41) is 0. The second kappa shape index (κ2) is 7.61. The van der Waals surface area contributed by atoms with Gasteiger partial charge in [-0.1, -0.05) is 72.8 Å². The van der Waals surface area contributed by atoms with E-state index in [1.165, 1.54) is 0 Å². The fourth-order valence-electron chi connectivity index (χ4n) is 4.01. The van der Waals surface area contributed by atoms with Crippen molar-refractivity contribution in [2.75, 3.05) is 5.84 Å². The van der Waals surface area contributed by atoms with Crippen LogP contribution in [0, 0.1) is 13.8 Å². The lowest BCUT2D eigenvalue weighted by molar-refractivity contribution is -0.614. The molecule has 5 nitrogen and oxygen atoms in total. The number of benzene rings is 3. The van der Waals surface area contributed by atoms with Crippen LogP contribution in [-0.4, -0.2) is 15.0 Å². The molecular weight excluding hydrogens is 382 g/mol. The number of rotatable bonds is 4. The van der Waals surface area contributed by atoms with E-state index in [0.717, 1.165) is 56.7 Å². The van der Waals surface area contributed by atoms with E-state index in [2.05, 4.69) is 65.4 Å². The third-order valence-corrected chi connectivity index (χ3v) is 5.55. The molecule has 31 heavy (non-hydrogen) atoms. The topological polar surface area (TPSA) is 74.4 Å². The van der Waals surface area contributed by atoms with Crippen molar-refractivity contribution in [3.8, 4) is 45.3 Å². The summed E-state index contributed by atoms with van der Waals surface area (Å²) in [5.41, 5.74) is 8.28. The Kier molecular flexibility index (Phi) is 4.64. The summed E-state index contributed by atoms with van der Waals surface area (Å²) in [6, 6.07) is 28.7. The minimum atomic E-state index is 0.858. The lowest BCUT2D eigenvalue weighted by Gasteiger charge is -2.01. The number of aromatic amines is 2. The van der Waals surface area contributed by atoms with Crippen LogP contribution in [0.5, 0.6) is 0 Å². The molecule has 2 heterocycles. The highest BCUT2D eigenvalue weighted by Crippen LogP contribution is 2.28. The number of imidazole rings is 2. The monoisotopic (exact) mass is 406 g/mol. The fourth-order valence-corrected chi connectivity index (χ4v) is 4.01. The summed E-state index contributed by atoms with van der Waals surface area (Å²) in [7, 11) is 0. The van der Waals surface area contributed by atoms with Crippen molar-refractivity contribution < 1.29 is 4.68 Å². The maximum atomic E-state index is 6.47. The molecular formula is C26H24N5+. The Morgan fingerprint density at radius 2 is 1.23 bits per heavy atom. The second-order valence-electron chi connectivity index (χ2n) is 7.69. The smallest absolute Gasteiger partial charge is 0.310 e. The fraction of sp³-hybridized carbons (Fsp3) is 0.0769. The Morgan fingerprint density at radius 1 is 0.645 bits per heavy atom. The number of hydrogen-bond donors (Lipinski definition) is 3. The van der Waals surface area contributed by atoms with Gasteiger partial charge in [0.1, 0.15) is 11.5 Å². The number of nitrogens with zero attached hydrogens (tertiary/aromatic N) is 2. The maximum absolute atomic E-state index is 6.47. The van der Waals surface area contributed by atoms with Gasteiger partial charge >= 0.3 is 5.82 Å². The average molecular weight is 407 g/mol. The van der Waals surface area contributed by atoms with Crippen LogP contribution in [0.4, 0.5) is 0 Å². The second-order valence-corrected chi connectivity index (χ2v) is 7.69. The molecule has 0 atom stereocenters. The van der Waals surface area contributed by atoms with Crippen LogP contribution in [0.15, 0.2) is 84.9 Å². The van der Waals surface area contributed by atoms with E-state index < -0.39 is 0 Å². The van der Waals surface area contributed by atoms with Gasteiger partial charge in [-0.05, 0) is 19.1 Å². The molecule has 4 N–H and O–H groups in total. The molecule has 0 amide bonds. The molecule has 0 bridgehead atoms. The van der Waals surface area contributed by atoms with Crippen LogP contribution in [0.25, 0.3) is 45.3 Å². The van der Waals surface area contributed by atoms with Crippen LogP contribution in [-0.2, 0) is 0 Å². The zero-order chi connectivity index (χ0) is 21.4. The number of nitrogen functional groups attached to an aromatic ring is 1. The van der Waals surface area contributed by atoms with Gasteiger partial charge in [-0.25, -0.2) is 9.97 Å². The Morgan fingerprint density at radius 3 is 1.87 bits per heavy atom. The summed E-state index contributed by atoms with van der Waals surface area (Å²) in [6.07, 6.45) is 0. The molecule has 5 aromatic rings. The molecule has 152 valence electrons. The van der Waals surface area contributed by atoms with Crippen LogP contribution in [0.1, 0.15) is 11.4 Å². The third kappa shape index (κ3) is 3.40. The zero-order valence-corrected chi connectivity index (χ0v) is 17.6. The molecule has 2 aromatic heterocycles. The summed E-state index contributed by atoms with van der Waals surface area (Å²) >= 11 is 0. The number of aryl methyl sites for hydroxylation is 2. The Labute approximate surface area is 181 Å². The quantitative estimate of drug-likeness (QED) is 0.289. The lowest BCUT2D eigenvalue weighted by atomic mass is 10.1. The first-order valence-corrected chi connectivity index (χ1v) is 10.3. The first-order valence-electron chi connectivity index (χ1n) is 10.3. The third-order valence-electron chi connectivity index (χ3n) is 5.55. The van der Waals surface area contributed by atoms with Gasteiger partial charge in [0.05, 0.1) is 11.3 Å². The molecule has 5 heteroatoms. The van der Waals surface area contributed by atoms with Crippen molar-refractivity contribution in [2.45, 2.75) is 13.8 Å². The highest BCUT2D eigenvalue weighted by atomic mass is 15.3. The summed E-state index contributed by atoms with van der Waals surface area (Å²) in [4.78, 5) is 11.7. The predicted molar refractivity (Wildman–Crippen MR) is 125 cm³/mol. The van der Waals surface area contributed by atoms with E-state index in [1.807, 2.05) is 43.3 Å². The van der Waals surface area contributed by atoms with Gasteiger partial charge in [-0.2, -0.15) is 0 Å². The van der Waals surface area contributed by atoms with Gasteiger partial charge in [0.2, 0.25) is 5.69 Å². The standard InChI is InChI=1S/C26H23N5/c1-17-23(19-9-5-3-6-10-19)30-25(28-17)21-13-15-22(16-14-21)26-29-18(2)24(31(26)27)20-11-7-4-8-12-20/h3-16H,27H2,1-2H3,(H,28,29,30)/p+1. The summed E-state index contributed by atoms with van der Waals surface area (Å²) in [6.45, 7) is 4.09. The van der Waals surface area contributed by atoms with E-state index >= 15 is 0 Å². The van der Waals surface area contributed by atoms with E-state index in [1.54, 1.807) is 4.68 Å². The Hall–Kier alpha value is -4.12. The number of H-pyrrole nitrogens is 2. The van der Waals surface area contributed by atoms with E-state index in [4.69, 9.17) is 10.8 Å². The molecule has 3 aromatic carbocycles. The first kappa shape index (κ1) is 18.9. The van der Waals surface area contributed by atoms with E-state index in [-0.39, 0.29) is 0 Å². The van der Waals surface area contributed by atoms with E-state index in [9.17, 15) is 0 Å². The number of nitrogens with two attached hydrogens (primary N) is 1. The van der Waals surface area contributed by atoms with Crippen molar-refractivity contribution >= 4 is 0 Å². The largest absolute Gasteiger partial charge is 0.342 e. The van der Waals surface area contributed by atoms with E-state index in [0.29, 0.717) is 0 Å². The molecule has 0 aliphatic carbocycles. The zero-order valence-electron chi connectivity index (χ0n) is 17.6. The molecule has 5 rings (SSSR count). The number of hydrogen-bond acceptors (Lipinski definition) is 2. The summed E-state index contributed by atoms with van der Waals surface area (Å²) < 4.78 is 1.73. The van der Waals surface area contributed by atoms with Crippen LogP contribution in [0.3, 0.4) is 0 Å². The average Bonchev–Trinajstić information content (AvgIpc) is 3.34. The Balaban J connectivity index is 1.48. The lowest BCUT2D eigenvalue weighted by Crippen LogP contribution is -2.46. The first-order chi connectivity index (χ1) is 15.1. The highest BCUT2D eigenvalue weighted by molar-refractivity contribution is 5.69. The minimum absolute atomic E-state index is 0.858.